The molecule has 24 heavy (non-hydrogen) atoms. The van der Waals surface area contributed by atoms with Gasteiger partial charge in [-0.05, 0) is 44.7 Å². The van der Waals surface area contributed by atoms with Gasteiger partial charge in [0.25, 0.3) is 5.91 Å². The number of amides is 1. The van der Waals surface area contributed by atoms with Gasteiger partial charge in [-0.1, -0.05) is 0 Å². The summed E-state index contributed by atoms with van der Waals surface area (Å²) >= 11 is 1.59. The van der Waals surface area contributed by atoms with Crippen molar-refractivity contribution >= 4 is 17.2 Å². The number of thiazole rings is 1. The standard InChI is InChI=1S/C17H21N5OS/c1-12-9-21-13(10-20-12)16(23)22(11-15-19-6-7-24-15)14-8-17(14)2-4-18-5-3-17/h6-7,9-10,14,18H,2-5,8,11H2,1H3. The van der Waals surface area contributed by atoms with Crippen LogP contribution in [0, 0.1) is 12.3 Å². The number of piperidine rings is 1. The number of carbonyl (C=O) groups excluding carboxylic acids is 1. The maximum atomic E-state index is 13.1. The molecule has 7 heteroatoms. The molecule has 0 aromatic carbocycles. The Morgan fingerprint density at radius 1 is 1.33 bits per heavy atom. The second kappa shape index (κ2) is 6.22. The second-order valence-corrected chi connectivity index (χ2v) is 7.71. The Morgan fingerprint density at radius 3 is 2.83 bits per heavy atom. The van der Waals surface area contributed by atoms with Crippen LogP contribution in [0.3, 0.4) is 0 Å². The molecule has 1 spiro atoms. The van der Waals surface area contributed by atoms with Crippen LogP contribution in [-0.4, -0.2) is 44.9 Å². The van der Waals surface area contributed by atoms with Crippen LogP contribution in [0.5, 0.6) is 0 Å². The van der Waals surface area contributed by atoms with Crippen molar-refractivity contribution in [3.63, 3.8) is 0 Å². The van der Waals surface area contributed by atoms with Crippen molar-refractivity contribution in [2.24, 2.45) is 5.41 Å². The third-order valence-electron chi connectivity index (χ3n) is 5.17. The summed E-state index contributed by atoms with van der Waals surface area (Å²) < 4.78 is 0. The molecular formula is C17H21N5OS. The molecule has 6 nitrogen and oxygen atoms in total. The van der Waals surface area contributed by atoms with E-state index in [1.165, 1.54) is 0 Å². The Hall–Kier alpha value is -1.86. The van der Waals surface area contributed by atoms with Crippen molar-refractivity contribution < 1.29 is 4.79 Å². The Kier molecular flexibility index (Phi) is 4.05. The number of carbonyl (C=O) groups is 1. The fraction of sp³-hybridized carbons (Fsp3) is 0.529. The number of aromatic nitrogens is 3. The summed E-state index contributed by atoms with van der Waals surface area (Å²) in [4.78, 5) is 27.9. The number of nitrogens with one attached hydrogen (secondary N) is 1. The van der Waals surface area contributed by atoms with Crippen LogP contribution in [0.1, 0.15) is 40.5 Å². The SMILES string of the molecule is Cc1cnc(C(=O)N(Cc2nccs2)C2CC23CCNCC3)cn1. The van der Waals surface area contributed by atoms with E-state index in [2.05, 4.69) is 20.3 Å². The largest absolute Gasteiger partial charge is 0.327 e. The van der Waals surface area contributed by atoms with Gasteiger partial charge in [0, 0.05) is 23.8 Å². The van der Waals surface area contributed by atoms with E-state index in [0.717, 1.165) is 43.1 Å². The van der Waals surface area contributed by atoms with Gasteiger partial charge < -0.3 is 10.2 Å². The first kappa shape index (κ1) is 15.7. The van der Waals surface area contributed by atoms with E-state index in [0.29, 0.717) is 18.3 Å². The maximum absolute atomic E-state index is 13.1. The molecule has 1 saturated carbocycles. The van der Waals surface area contributed by atoms with Gasteiger partial charge in [0.1, 0.15) is 10.7 Å². The number of hydrogen-bond acceptors (Lipinski definition) is 6. The van der Waals surface area contributed by atoms with Crippen LogP contribution in [-0.2, 0) is 6.54 Å². The van der Waals surface area contributed by atoms with Crippen LogP contribution >= 0.6 is 11.3 Å². The topological polar surface area (TPSA) is 71.0 Å². The zero-order chi connectivity index (χ0) is 16.6. The van der Waals surface area contributed by atoms with Gasteiger partial charge in [-0.2, -0.15) is 0 Å². The highest BCUT2D eigenvalue weighted by atomic mass is 32.1. The van der Waals surface area contributed by atoms with Crippen LogP contribution < -0.4 is 5.32 Å². The summed E-state index contributed by atoms with van der Waals surface area (Å²) in [5.41, 5.74) is 1.53. The summed E-state index contributed by atoms with van der Waals surface area (Å²) in [5, 5.41) is 6.34. The first-order valence-corrected chi connectivity index (χ1v) is 9.25. The number of hydrogen-bond donors (Lipinski definition) is 1. The summed E-state index contributed by atoms with van der Waals surface area (Å²) in [6, 6.07) is 0.291. The molecule has 1 aliphatic carbocycles. The fourth-order valence-electron chi connectivity index (χ4n) is 3.68. The monoisotopic (exact) mass is 343 g/mol. The lowest BCUT2D eigenvalue weighted by Gasteiger charge is -2.29. The molecule has 126 valence electrons. The minimum Gasteiger partial charge on any atom is -0.327 e. The fourth-order valence-corrected chi connectivity index (χ4v) is 4.29. The lowest BCUT2D eigenvalue weighted by atomic mass is 9.93. The van der Waals surface area contributed by atoms with E-state index >= 15 is 0 Å². The lowest BCUT2D eigenvalue weighted by molar-refractivity contribution is 0.0685. The van der Waals surface area contributed by atoms with Crippen LogP contribution in [0.4, 0.5) is 0 Å². The van der Waals surface area contributed by atoms with E-state index in [1.807, 2.05) is 17.2 Å². The lowest BCUT2D eigenvalue weighted by Crippen LogP contribution is -2.39. The van der Waals surface area contributed by atoms with Crippen molar-refractivity contribution in [1.82, 2.24) is 25.2 Å². The molecule has 1 unspecified atom stereocenters. The molecule has 0 radical (unpaired) electrons. The summed E-state index contributed by atoms with van der Waals surface area (Å²) in [7, 11) is 0. The molecule has 1 aliphatic heterocycles. The molecule has 2 aliphatic rings. The van der Waals surface area contributed by atoms with Crippen molar-refractivity contribution in [2.75, 3.05) is 13.1 Å². The number of aryl methyl sites for hydroxylation is 1. The molecule has 1 saturated heterocycles. The number of nitrogens with zero attached hydrogens (tertiary/aromatic N) is 4. The average molecular weight is 343 g/mol. The molecule has 3 heterocycles. The molecule has 1 N–H and O–H groups in total. The van der Waals surface area contributed by atoms with Crippen LogP contribution in [0.2, 0.25) is 0 Å². The van der Waals surface area contributed by atoms with E-state index in [9.17, 15) is 4.79 Å². The van der Waals surface area contributed by atoms with Crippen molar-refractivity contribution in [1.29, 1.82) is 0 Å². The van der Waals surface area contributed by atoms with Crippen molar-refractivity contribution in [3.05, 3.63) is 40.4 Å². The summed E-state index contributed by atoms with van der Waals surface area (Å²) in [6.45, 7) is 4.52. The first-order valence-electron chi connectivity index (χ1n) is 8.37. The Labute approximate surface area is 145 Å². The minimum atomic E-state index is -0.0295. The second-order valence-electron chi connectivity index (χ2n) is 6.73. The van der Waals surface area contributed by atoms with Crippen molar-refractivity contribution in [3.8, 4) is 0 Å². The van der Waals surface area contributed by atoms with Crippen LogP contribution in [0.15, 0.2) is 24.0 Å². The highest BCUT2D eigenvalue weighted by Crippen LogP contribution is 2.56. The zero-order valence-corrected chi connectivity index (χ0v) is 14.6. The third-order valence-corrected chi connectivity index (χ3v) is 5.94. The minimum absolute atomic E-state index is 0.0295. The smallest absolute Gasteiger partial charge is 0.274 e. The van der Waals surface area contributed by atoms with Gasteiger partial charge in [0.05, 0.1) is 18.4 Å². The van der Waals surface area contributed by atoms with E-state index in [-0.39, 0.29) is 11.3 Å². The summed E-state index contributed by atoms with van der Waals surface area (Å²) in [5.74, 6) is -0.0295. The molecule has 0 bridgehead atoms. The van der Waals surface area contributed by atoms with Gasteiger partial charge in [0.2, 0.25) is 0 Å². The van der Waals surface area contributed by atoms with Gasteiger partial charge in [0.15, 0.2) is 0 Å². The summed E-state index contributed by atoms with van der Waals surface area (Å²) in [6.07, 6.45) is 8.40. The Bertz CT molecular complexity index is 709. The molecule has 2 aromatic rings. The van der Waals surface area contributed by atoms with Crippen LogP contribution in [0.25, 0.3) is 0 Å². The maximum Gasteiger partial charge on any atom is 0.274 e. The third kappa shape index (κ3) is 2.93. The molecule has 2 fully saturated rings. The van der Waals surface area contributed by atoms with Gasteiger partial charge in [-0.25, -0.2) is 9.97 Å². The molecular weight excluding hydrogens is 322 g/mol. The quantitative estimate of drug-likeness (QED) is 0.920. The molecule has 1 amide bonds. The predicted molar refractivity (Wildman–Crippen MR) is 91.7 cm³/mol. The highest BCUT2D eigenvalue weighted by molar-refractivity contribution is 7.09. The zero-order valence-electron chi connectivity index (χ0n) is 13.7. The van der Waals surface area contributed by atoms with E-state index in [1.54, 1.807) is 29.9 Å². The van der Waals surface area contributed by atoms with Gasteiger partial charge in [-0.3, -0.25) is 9.78 Å². The highest BCUT2D eigenvalue weighted by Gasteiger charge is 2.58. The molecule has 2 aromatic heterocycles. The Balaban J connectivity index is 1.58. The Morgan fingerprint density at radius 2 is 2.17 bits per heavy atom. The van der Waals surface area contributed by atoms with E-state index < -0.39 is 0 Å². The van der Waals surface area contributed by atoms with Gasteiger partial charge in [-0.15, -0.1) is 11.3 Å². The molecule has 1 atom stereocenters. The first-order chi connectivity index (χ1) is 11.7. The predicted octanol–water partition coefficient (Wildman–Crippen LogP) is 2.03. The number of rotatable bonds is 4. The normalized spacial score (nSPS) is 21.6. The van der Waals surface area contributed by atoms with Gasteiger partial charge >= 0.3 is 0 Å². The van der Waals surface area contributed by atoms with E-state index in [4.69, 9.17) is 0 Å². The molecule has 4 rings (SSSR count). The average Bonchev–Trinajstić information content (AvgIpc) is 3.04. The van der Waals surface area contributed by atoms with Crippen molar-refractivity contribution in [2.45, 2.75) is 38.8 Å².